The minimum atomic E-state index is -0.309. The number of thiophene rings is 1. The number of carbonyl (C=O) groups excluding carboxylic acids is 1. The van der Waals surface area contributed by atoms with Crippen molar-refractivity contribution in [3.63, 3.8) is 0 Å². The third kappa shape index (κ3) is 3.71. The number of nitrogens with one attached hydrogen (secondary N) is 1. The molecule has 0 atom stereocenters. The van der Waals surface area contributed by atoms with Gasteiger partial charge in [0.05, 0.1) is 27.5 Å². The van der Waals surface area contributed by atoms with Gasteiger partial charge >= 0.3 is 0 Å². The number of H-pyrrole nitrogens is 1. The molecule has 0 radical (unpaired) electrons. The Morgan fingerprint density at radius 3 is 2.35 bits per heavy atom. The summed E-state index contributed by atoms with van der Waals surface area (Å²) in [5, 5.41) is 1.99. The Balaban J connectivity index is 1.65. The number of pyridine rings is 1. The monoisotopic (exact) mass is 424 g/mol. The van der Waals surface area contributed by atoms with Crippen molar-refractivity contribution in [3.8, 4) is 33.2 Å². The van der Waals surface area contributed by atoms with Gasteiger partial charge in [-0.1, -0.05) is 48.5 Å². The maximum absolute atomic E-state index is 14.3. The first-order valence-electron chi connectivity index (χ1n) is 9.79. The second-order valence-corrected chi connectivity index (χ2v) is 7.98. The molecular formula is C26H17FN2OS. The van der Waals surface area contributed by atoms with E-state index in [1.807, 2.05) is 60.0 Å². The van der Waals surface area contributed by atoms with Crippen molar-refractivity contribution in [2.75, 3.05) is 0 Å². The molecule has 0 unspecified atom stereocenters. The fourth-order valence-corrected chi connectivity index (χ4v) is 4.22. The van der Waals surface area contributed by atoms with Gasteiger partial charge in [0.25, 0.3) is 0 Å². The summed E-state index contributed by atoms with van der Waals surface area (Å²) in [6.07, 6.45) is 0. The van der Waals surface area contributed by atoms with Crippen LogP contribution in [0.25, 0.3) is 33.2 Å². The molecule has 0 aliphatic rings. The SMILES string of the molecule is O=C(c1ccccc1)c1ccc(-c2cccs2)nc1-c1ccc(-c2ccccc2F)[nH]1. The van der Waals surface area contributed by atoms with Gasteiger partial charge in [0.1, 0.15) is 5.82 Å². The molecule has 31 heavy (non-hydrogen) atoms. The molecule has 5 rings (SSSR count). The van der Waals surface area contributed by atoms with Gasteiger partial charge in [-0.25, -0.2) is 9.37 Å². The van der Waals surface area contributed by atoms with Crippen molar-refractivity contribution in [2.24, 2.45) is 0 Å². The lowest BCUT2D eigenvalue weighted by molar-refractivity contribution is 0.103. The second-order valence-electron chi connectivity index (χ2n) is 7.03. The highest BCUT2D eigenvalue weighted by molar-refractivity contribution is 7.13. The Labute approximate surface area is 182 Å². The molecule has 0 saturated heterocycles. The lowest BCUT2D eigenvalue weighted by Crippen LogP contribution is -2.05. The molecule has 3 nitrogen and oxygen atoms in total. The zero-order chi connectivity index (χ0) is 21.2. The van der Waals surface area contributed by atoms with Crippen molar-refractivity contribution in [1.82, 2.24) is 9.97 Å². The third-order valence-corrected chi connectivity index (χ3v) is 5.95. The highest BCUT2D eigenvalue weighted by Crippen LogP contribution is 2.31. The molecule has 1 N–H and O–H groups in total. The summed E-state index contributed by atoms with van der Waals surface area (Å²) in [7, 11) is 0. The summed E-state index contributed by atoms with van der Waals surface area (Å²) in [5.74, 6) is -0.417. The van der Waals surface area contributed by atoms with Gasteiger partial charge in [0.15, 0.2) is 5.78 Å². The molecule has 0 aliphatic heterocycles. The number of benzene rings is 2. The van der Waals surface area contributed by atoms with Crippen LogP contribution in [0.1, 0.15) is 15.9 Å². The first kappa shape index (κ1) is 19.2. The standard InChI is InChI=1S/C26H17FN2OS/c27-20-10-5-4-9-18(20)21-14-15-23(28-21)25-19(26(30)17-7-2-1-3-8-17)12-13-22(29-25)24-11-6-16-31-24/h1-16,28H. The lowest BCUT2D eigenvalue weighted by atomic mass is 10.00. The van der Waals surface area contributed by atoms with E-state index in [0.29, 0.717) is 33.8 Å². The average molecular weight is 425 g/mol. The molecule has 5 aromatic rings. The quantitative estimate of drug-likeness (QED) is 0.314. The summed E-state index contributed by atoms with van der Waals surface area (Å²) in [6.45, 7) is 0. The number of aromatic amines is 1. The average Bonchev–Trinajstić information content (AvgIpc) is 3.52. The maximum Gasteiger partial charge on any atom is 0.195 e. The van der Waals surface area contributed by atoms with Crippen LogP contribution in [0, 0.1) is 5.82 Å². The van der Waals surface area contributed by atoms with Crippen molar-refractivity contribution >= 4 is 17.1 Å². The van der Waals surface area contributed by atoms with E-state index in [1.165, 1.54) is 6.07 Å². The van der Waals surface area contributed by atoms with Crippen LogP contribution in [0.5, 0.6) is 0 Å². The van der Waals surface area contributed by atoms with Crippen molar-refractivity contribution in [2.45, 2.75) is 0 Å². The molecule has 0 fully saturated rings. The van der Waals surface area contributed by atoms with E-state index in [0.717, 1.165) is 10.6 Å². The van der Waals surface area contributed by atoms with Crippen LogP contribution in [0.2, 0.25) is 0 Å². The van der Waals surface area contributed by atoms with Crippen LogP contribution in [-0.2, 0) is 0 Å². The fraction of sp³-hybridized carbons (Fsp3) is 0. The van der Waals surface area contributed by atoms with Crippen molar-refractivity contribution in [1.29, 1.82) is 0 Å². The Hall–Kier alpha value is -3.83. The molecular weight excluding hydrogens is 407 g/mol. The van der Waals surface area contributed by atoms with Gasteiger partial charge in [-0.15, -0.1) is 11.3 Å². The number of ketones is 1. The largest absolute Gasteiger partial charge is 0.353 e. The molecule has 0 spiro atoms. The van der Waals surface area contributed by atoms with E-state index in [2.05, 4.69) is 4.98 Å². The first-order valence-corrected chi connectivity index (χ1v) is 10.7. The van der Waals surface area contributed by atoms with Crippen LogP contribution in [0.4, 0.5) is 4.39 Å². The molecule has 0 amide bonds. The molecule has 150 valence electrons. The zero-order valence-electron chi connectivity index (χ0n) is 16.4. The van der Waals surface area contributed by atoms with Gasteiger partial charge in [-0.3, -0.25) is 4.79 Å². The summed E-state index contributed by atoms with van der Waals surface area (Å²) in [6, 6.07) is 27.0. The number of rotatable bonds is 5. The maximum atomic E-state index is 14.3. The fourth-order valence-electron chi connectivity index (χ4n) is 3.52. The van der Waals surface area contributed by atoms with E-state index in [9.17, 15) is 9.18 Å². The highest BCUT2D eigenvalue weighted by Gasteiger charge is 2.19. The van der Waals surface area contributed by atoms with Crippen LogP contribution >= 0.6 is 11.3 Å². The molecule has 2 aromatic carbocycles. The second kappa shape index (κ2) is 8.13. The normalized spacial score (nSPS) is 10.9. The predicted molar refractivity (Wildman–Crippen MR) is 123 cm³/mol. The number of aromatic nitrogens is 2. The summed E-state index contributed by atoms with van der Waals surface area (Å²) < 4.78 is 14.3. The summed E-state index contributed by atoms with van der Waals surface area (Å²) >= 11 is 1.59. The van der Waals surface area contributed by atoms with Gasteiger partial charge in [0, 0.05) is 16.8 Å². The number of halogens is 1. The van der Waals surface area contributed by atoms with E-state index in [-0.39, 0.29) is 11.6 Å². The van der Waals surface area contributed by atoms with E-state index < -0.39 is 0 Å². The van der Waals surface area contributed by atoms with Crippen LogP contribution in [-0.4, -0.2) is 15.8 Å². The smallest absolute Gasteiger partial charge is 0.195 e. The first-order chi connectivity index (χ1) is 15.2. The number of carbonyl (C=O) groups is 1. The molecule has 0 saturated carbocycles. The van der Waals surface area contributed by atoms with Crippen LogP contribution in [0.15, 0.2) is 96.4 Å². The van der Waals surface area contributed by atoms with Gasteiger partial charge in [0.2, 0.25) is 0 Å². The van der Waals surface area contributed by atoms with Crippen molar-refractivity contribution in [3.05, 3.63) is 113 Å². The topological polar surface area (TPSA) is 45.8 Å². The highest BCUT2D eigenvalue weighted by atomic mass is 32.1. The summed E-state index contributed by atoms with van der Waals surface area (Å²) in [4.78, 5) is 22.4. The Morgan fingerprint density at radius 2 is 1.58 bits per heavy atom. The predicted octanol–water partition coefficient (Wildman–Crippen LogP) is 6.84. The number of hydrogen-bond donors (Lipinski definition) is 1. The van der Waals surface area contributed by atoms with E-state index in [1.54, 1.807) is 41.7 Å². The third-order valence-electron chi connectivity index (χ3n) is 5.05. The van der Waals surface area contributed by atoms with Gasteiger partial charge < -0.3 is 4.98 Å². The Kier molecular flexibility index (Phi) is 5.02. The minimum Gasteiger partial charge on any atom is -0.353 e. The van der Waals surface area contributed by atoms with Crippen LogP contribution in [0.3, 0.4) is 0 Å². The minimum absolute atomic E-state index is 0.108. The molecule has 0 bridgehead atoms. The molecule has 5 heteroatoms. The lowest BCUT2D eigenvalue weighted by Gasteiger charge is -2.09. The molecule has 3 heterocycles. The molecule has 0 aliphatic carbocycles. The van der Waals surface area contributed by atoms with Crippen molar-refractivity contribution < 1.29 is 9.18 Å². The summed E-state index contributed by atoms with van der Waals surface area (Å²) in [5.41, 5.74) is 4.19. The number of nitrogens with zero attached hydrogens (tertiary/aromatic N) is 1. The number of hydrogen-bond acceptors (Lipinski definition) is 3. The molecule has 3 aromatic heterocycles. The van der Waals surface area contributed by atoms with Gasteiger partial charge in [-0.05, 0) is 47.8 Å². The zero-order valence-corrected chi connectivity index (χ0v) is 17.2. The van der Waals surface area contributed by atoms with E-state index in [4.69, 9.17) is 4.98 Å². The Bertz CT molecular complexity index is 1360. The van der Waals surface area contributed by atoms with Crippen LogP contribution < -0.4 is 0 Å². The van der Waals surface area contributed by atoms with E-state index >= 15 is 0 Å². The Morgan fingerprint density at radius 1 is 0.806 bits per heavy atom. The van der Waals surface area contributed by atoms with Gasteiger partial charge in [-0.2, -0.15) is 0 Å².